The van der Waals surface area contributed by atoms with Gasteiger partial charge in [-0.05, 0) is 43.4 Å². The number of ether oxygens (including phenoxy) is 1. The Morgan fingerprint density at radius 1 is 0.964 bits per heavy atom. The van der Waals surface area contributed by atoms with Gasteiger partial charge in [-0.15, -0.1) is 0 Å². The molecule has 0 bridgehead atoms. The summed E-state index contributed by atoms with van der Waals surface area (Å²) in [5.41, 5.74) is 4.74. The molecule has 3 heteroatoms. The summed E-state index contributed by atoms with van der Waals surface area (Å²) in [6.45, 7) is 2.24. The van der Waals surface area contributed by atoms with Gasteiger partial charge in [0.05, 0.1) is 5.41 Å². The Morgan fingerprint density at radius 2 is 1.75 bits per heavy atom. The van der Waals surface area contributed by atoms with Gasteiger partial charge in [-0.3, -0.25) is 4.79 Å². The zero-order valence-corrected chi connectivity index (χ0v) is 16.0. The number of hydrogen-bond donors (Lipinski definition) is 1. The highest BCUT2D eigenvalue weighted by molar-refractivity contribution is 6.01. The molecule has 6 rings (SSSR count). The second kappa shape index (κ2) is 5.38. The summed E-state index contributed by atoms with van der Waals surface area (Å²) >= 11 is 0. The molecule has 0 radical (unpaired) electrons. The monoisotopic (exact) mass is 369 g/mol. The summed E-state index contributed by atoms with van der Waals surface area (Å²) in [5, 5.41) is 1.28. The van der Waals surface area contributed by atoms with Gasteiger partial charge in [-0.25, -0.2) is 0 Å². The molecular weight excluding hydrogens is 346 g/mol. The van der Waals surface area contributed by atoms with Crippen LogP contribution in [0.3, 0.4) is 0 Å². The van der Waals surface area contributed by atoms with Gasteiger partial charge >= 0.3 is 0 Å². The number of allylic oxidation sites excluding steroid dienone is 1. The molecule has 140 valence electrons. The molecule has 0 spiro atoms. The van der Waals surface area contributed by atoms with Gasteiger partial charge < -0.3 is 9.72 Å². The van der Waals surface area contributed by atoms with Gasteiger partial charge in [0, 0.05) is 35.0 Å². The van der Waals surface area contributed by atoms with Gasteiger partial charge in [0.25, 0.3) is 0 Å². The van der Waals surface area contributed by atoms with Crippen molar-refractivity contribution in [3.8, 4) is 0 Å². The summed E-state index contributed by atoms with van der Waals surface area (Å²) in [6.07, 6.45) is 4.19. The normalized spacial score (nSPS) is 28.7. The SMILES string of the molecule is C[C@]12C3=C(CCCC3=O)O[C@@]1(c1ccccc1)CCc1c2[nH]c2ccccc12. The Bertz CT molecular complexity index is 1160. The summed E-state index contributed by atoms with van der Waals surface area (Å²) in [5.74, 6) is 1.18. The van der Waals surface area contributed by atoms with E-state index in [9.17, 15) is 4.79 Å². The first-order chi connectivity index (χ1) is 13.6. The van der Waals surface area contributed by atoms with E-state index in [4.69, 9.17) is 4.74 Å². The lowest BCUT2D eigenvalue weighted by molar-refractivity contribution is -0.116. The molecule has 0 saturated carbocycles. The zero-order valence-electron chi connectivity index (χ0n) is 16.0. The van der Waals surface area contributed by atoms with Crippen LogP contribution in [-0.4, -0.2) is 10.8 Å². The van der Waals surface area contributed by atoms with Crippen LogP contribution in [0.4, 0.5) is 0 Å². The van der Waals surface area contributed by atoms with Crippen molar-refractivity contribution in [1.29, 1.82) is 0 Å². The average molecular weight is 369 g/mol. The molecule has 2 heterocycles. The minimum absolute atomic E-state index is 0.257. The van der Waals surface area contributed by atoms with Gasteiger partial charge in [-0.1, -0.05) is 48.5 Å². The molecule has 0 fully saturated rings. The van der Waals surface area contributed by atoms with Crippen LogP contribution in [-0.2, 0) is 27.0 Å². The summed E-state index contributed by atoms with van der Waals surface area (Å²) in [6, 6.07) is 19.0. The van der Waals surface area contributed by atoms with Crippen molar-refractivity contribution < 1.29 is 9.53 Å². The van der Waals surface area contributed by atoms with E-state index in [1.54, 1.807) is 0 Å². The molecule has 2 atom stereocenters. The summed E-state index contributed by atoms with van der Waals surface area (Å²) in [7, 11) is 0. The maximum Gasteiger partial charge on any atom is 0.163 e. The number of benzene rings is 2. The number of carbonyl (C=O) groups is 1. The number of aromatic nitrogens is 1. The number of para-hydroxylation sites is 1. The van der Waals surface area contributed by atoms with Gasteiger partial charge in [0.2, 0.25) is 0 Å². The lowest BCUT2D eigenvalue weighted by Gasteiger charge is -2.47. The topological polar surface area (TPSA) is 42.1 Å². The Balaban J connectivity index is 1.70. The van der Waals surface area contributed by atoms with E-state index < -0.39 is 11.0 Å². The molecule has 0 unspecified atom stereocenters. The van der Waals surface area contributed by atoms with Crippen molar-refractivity contribution >= 4 is 16.7 Å². The number of hydrogen-bond acceptors (Lipinski definition) is 2. The number of aromatic amines is 1. The fourth-order valence-electron chi connectivity index (χ4n) is 6.00. The fourth-order valence-corrected chi connectivity index (χ4v) is 6.00. The smallest absolute Gasteiger partial charge is 0.163 e. The van der Waals surface area contributed by atoms with Crippen LogP contribution in [0.5, 0.6) is 0 Å². The van der Waals surface area contributed by atoms with E-state index >= 15 is 0 Å². The molecule has 0 amide bonds. The Morgan fingerprint density at radius 3 is 2.61 bits per heavy atom. The van der Waals surface area contributed by atoms with Crippen LogP contribution in [0.1, 0.15) is 49.4 Å². The Kier molecular flexibility index (Phi) is 3.11. The first kappa shape index (κ1) is 16.2. The van der Waals surface area contributed by atoms with E-state index in [0.29, 0.717) is 6.42 Å². The fraction of sp³-hybridized carbons (Fsp3) is 0.320. The molecule has 3 nitrogen and oxygen atoms in total. The Labute approximate surface area is 164 Å². The molecule has 28 heavy (non-hydrogen) atoms. The number of carbonyl (C=O) groups excluding carboxylic acids is 1. The predicted octanol–water partition coefficient (Wildman–Crippen LogP) is 5.30. The predicted molar refractivity (Wildman–Crippen MR) is 109 cm³/mol. The summed E-state index contributed by atoms with van der Waals surface area (Å²) in [4.78, 5) is 16.9. The second-order valence-electron chi connectivity index (χ2n) is 8.52. The number of ketones is 1. The van der Waals surface area contributed by atoms with Crippen LogP contribution >= 0.6 is 0 Å². The molecule has 1 aromatic heterocycles. The molecule has 3 aliphatic rings. The molecular formula is C25H23NO2. The summed E-state index contributed by atoms with van der Waals surface area (Å²) < 4.78 is 6.81. The zero-order chi connectivity index (χ0) is 18.9. The highest BCUT2D eigenvalue weighted by Gasteiger charge is 2.65. The quantitative estimate of drug-likeness (QED) is 0.632. The first-order valence-electron chi connectivity index (χ1n) is 10.3. The van der Waals surface area contributed by atoms with Crippen molar-refractivity contribution in [2.45, 2.75) is 50.0 Å². The average Bonchev–Trinajstić information content (AvgIpc) is 3.23. The maximum atomic E-state index is 13.2. The highest BCUT2D eigenvalue weighted by Crippen LogP contribution is 2.63. The van der Waals surface area contributed by atoms with E-state index in [2.05, 4.69) is 60.4 Å². The van der Waals surface area contributed by atoms with Crippen LogP contribution in [0, 0.1) is 0 Å². The van der Waals surface area contributed by atoms with Crippen molar-refractivity contribution in [3.63, 3.8) is 0 Å². The molecule has 1 N–H and O–H groups in total. The lowest BCUT2D eigenvalue weighted by atomic mass is 9.57. The minimum atomic E-state index is -0.521. The number of rotatable bonds is 1. The minimum Gasteiger partial charge on any atom is -0.485 e. The molecule has 2 aromatic carbocycles. The molecule has 0 saturated heterocycles. The third kappa shape index (κ3) is 1.78. The van der Waals surface area contributed by atoms with Gasteiger partial charge in [-0.2, -0.15) is 0 Å². The molecule has 2 aliphatic carbocycles. The third-order valence-electron chi connectivity index (χ3n) is 7.25. The lowest BCUT2D eigenvalue weighted by Crippen LogP contribution is -2.50. The highest BCUT2D eigenvalue weighted by atomic mass is 16.5. The van der Waals surface area contributed by atoms with Crippen molar-refractivity contribution in [1.82, 2.24) is 4.98 Å². The maximum absolute atomic E-state index is 13.2. The van der Waals surface area contributed by atoms with E-state index in [1.807, 2.05) is 6.07 Å². The largest absolute Gasteiger partial charge is 0.485 e. The number of nitrogens with one attached hydrogen (secondary N) is 1. The van der Waals surface area contributed by atoms with Crippen LogP contribution in [0.15, 0.2) is 65.9 Å². The van der Waals surface area contributed by atoms with E-state index in [-0.39, 0.29) is 5.78 Å². The van der Waals surface area contributed by atoms with E-state index in [0.717, 1.165) is 42.5 Å². The number of fused-ring (bicyclic) bond motifs is 6. The number of aryl methyl sites for hydroxylation is 1. The molecule has 3 aromatic rings. The van der Waals surface area contributed by atoms with Crippen LogP contribution in [0.2, 0.25) is 0 Å². The van der Waals surface area contributed by atoms with Crippen molar-refractivity contribution in [3.05, 3.63) is 82.8 Å². The third-order valence-corrected chi connectivity index (χ3v) is 7.25. The van der Waals surface area contributed by atoms with Gasteiger partial charge in [0.1, 0.15) is 11.4 Å². The van der Waals surface area contributed by atoms with Crippen LogP contribution < -0.4 is 0 Å². The molecule has 1 aliphatic heterocycles. The van der Waals surface area contributed by atoms with Gasteiger partial charge in [0.15, 0.2) is 5.78 Å². The Hall–Kier alpha value is -2.81. The van der Waals surface area contributed by atoms with Crippen LogP contribution in [0.25, 0.3) is 10.9 Å². The first-order valence-corrected chi connectivity index (χ1v) is 10.3. The second-order valence-corrected chi connectivity index (χ2v) is 8.52. The van der Waals surface area contributed by atoms with Crippen molar-refractivity contribution in [2.24, 2.45) is 0 Å². The van der Waals surface area contributed by atoms with Crippen molar-refractivity contribution in [2.75, 3.05) is 0 Å². The van der Waals surface area contributed by atoms with E-state index in [1.165, 1.54) is 22.2 Å². The number of H-pyrrole nitrogens is 1. The number of Topliss-reactive ketones (excluding diaryl/α,β-unsaturated/α-hetero) is 1. The standard InChI is InChI=1S/C25H23NO2/c1-24-22-20(27)12-7-13-21(22)28-25(24,16-8-3-2-4-9-16)15-14-18-17-10-5-6-11-19(17)26-23(18)24/h2-6,8-11,26H,7,12-15H2,1H3/t24-,25-/m1/s1.